The van der Waals surface area contributed by atoms with Crippen molar-refractivity contribution < 1.29 is 0 Å². The minimum Gasteiger partial charge on any atom is 0.316 e. The molecule has 0 saturated carbocycles. The Bertz CT molecular complexity index is 109. The first-order valence-electron chi connectivity index (χ1n) is 6.37. The van der Waals surface area contributed by atoms with Gasteiger partial charge < -0.3 is 0 Å². The number of halogens is 1. The predicted molar refractivity (Wildman–Crippen MR) is 79.3 cm³/mol. The molecule has 0 aromatic carbocycles. The monoisotopic (exact) mass is 352 g/mol. The van der Waals surface area contributed by atoms with E-state index in [0.29, 0.717) is 0 Å². The Morgan fingerprint density at radius 2 is 1.00 bits per heavy atom. The molecule has 0 aliphatic heterocycles. The van der Waals surface area contributed by atoms with Crippen molar-refractivity contribution in [1.82, 2.24) is 0 Å². The van der Waals surface area contributed by atoms with Crippen LogP contribution in [0.5, 0.6) is 0 Å². The Morgan fingerprint density at radius 3 is 1.20 bits per heavy atom. The van der Waals surface area contributed by atoms with E-state index >= 15 is 0 Å². The van der Waals surface area contributed by atoms with E-state index in [1.165, 1.54) is 51.8 Å². The Morgan fingerprint density at radius 1 is 0.733 bits per heavy atom. The van der Waals surface area contributed by atoms with Crippen molar-refractivity contribution in [3.05, 3.63) is 0 Å². The van der Waals surface area contributed by atoms with Gasteiger partial charge in [0.1, 0.15) is 0 Å². The van der Waals surface area contributed by atoms with Crippen molar-refractivity contribution >= 4 is 49.2 Å². The van der Waals surface area contributed by atoms with Gasteiger partial charge >= 0.3 is 122 Å². The average molecular weight is 352 g/mol. The molecule has 0 aromatic rings. The van der Waals surface area contributed by atoms with Crippen LogP contribution in [-0.2, 0) is 0 Å². The smallest absolute Gasteiger partial charge is 0.316 e. The quantitative estimate of drug-likeness (QED) is 0.530. The molecule has 0 amide bonds. The molecule has 90 valence electrons. The summed E-state index contributed by atoms with van der Waals surface area (Å²) in [6, 6.07) is 0. The Hall–Kier alpha value is 1.85. The summed E-state index contributed by atoms with van der Waals surface area (Å²) in [6.07, 6.45) is 8.12. The van der Waals surface area contributed by atoms with Crippen LogP contribution in [0.25, 0.3) is 0 Å². The Balaban J connectivity index is 0. The summed E-state index contributed by atoms with van der Waals surface area (Å²) in [4.78, 5) is 0. The fourth-order valence-electron chi connectivity index (χ4n) is 1.86. The molecule has 0 radical (unpaired) electrons. The maximum atomic E-state index is 6.89. The van der Waals surface area contributed by atoms with E-state index in [1.807, 2.05) is 0 Å². The molecule has 0 spiro atoms. The fraction of sp³-hybridized carbons (Fsp3) is 1.00. The van der Waals surface area contributed by atoms with Gasteiger partial charge in [-0.25, -0.2) is 0 Å². The van der Waals surface area contributed by atoms with Crippen LogP contribution in [-0.4, -0.2) is 40.3 Å². The summed E-state index contributed by atoms with van der Waals surface area (Å²) < 4.78 is 4.27. The van der Waals surface area contributed by atoms with Gasteiger partial charge in [0.25, 0.3) is 0 Å². The molecule has 0 aromatic heterocycles. The Kier molecular flexibility index (Phi) is 15.8. The van der Waals surface area contributed by atoms with Crippen LogP contribution in [0.3, 0.4) is 0 Å². The molecule has 0 saturated heterocycles. The summed E-state index contributed by atoms with van der Waals surface area (Å²) in [6.45, 7) is 6.84. The normalized spacial score (nSPS) is 11.2. The van der Waals surface area contributed by atoms with Gasteiger partial charge in [-0.05, 0) is 0 Å². The summed E-state index contributed by atoms with van der Waals surface area (Å²) in [7, 11) is 6.89. The van der Waals surface area contributed by atoms with E-state index in [1.54, 1.807) is 0 Å². The van der Waals surface area contributed by atoms with E-state index in [-0.39, 0.29) is 23.1 Å². The second kappa shape index (κ2) is 12.3. The van der Waals surface area contributed by atoms with E-state index in [2.05, 4.69) is 20.8 Å². The molecule has 0 bridgehead atoms. The van der Waals surface area contributed by atoms with Crippen molar-refractivity contribution in [2.75, 3.05) is 0 Å². The van der Waals surface area contributed by atoms with Crippen LogP contribution in [0.15, 0.2) is 0 Å². The minimum atomic E-state index is -2.09. The first-order valence-corrected chi connectivity index (χ1v) is 16.0. The summed E-state index contributed by atoms with van der Waals surface area (Å²) in [5, 5.41) is 0. The minimum absolute atomic E-state index is 0. The molecule has 0 atom stereocenters. The molecule has 15 heavy (non-hydrogen) atoms. The first kappa shape index (κ1) is 19.2. The second-order valence-corrected chi connectivity index (χ2v) is 20.7. The van der Waals surface area contributed by atoms with Gasteiger partial charge in [-0.3, -0.25) is 0 Å². The van der Waals surface area contributed by atoms with Gasteiger partial charge in [0.2, 0.25) is 0 Å². The molecule has 0 aliphatic carbocycles. The molecule has 3 heteroatoms. The molecular formula is C12H29ClMgSn. The average Bonchev–Trinajstić information content (AvgIpc) is 2.21. The van der Waals surface area contributed by atoms with Gasteiger partial charge in [-0.1, -0.05) is 0 Å². The van der Waals surface area contributed by atoms with Crippen LogP contribution in [0.4, 0.5) is 0 Å². The largest absolute Gasteiger partial charge is 0.316 e. The molecular weight excluding hydrogens is 323 g/mol. The van der Waals surface area contributed by atoms with E-state index in [0.717, 1.165) is 0 Å². The molecule has 0 unspecified atom stereocenters. The van der Waals surface area contributed by atoms with Crippen LogP contribution in [0, 0.1) is 0 Å². The van der Waals surface area contributed by atoms with Crippen molar-refractivity contribution in [1.29, 1.82) is 0 Å². The number of hydrogen-bond acceptors (Lipinski definition) is 0. The van der Waals surface area contributed by atoms with E-state index in [9.17, 15) is 0 Å². The van der Waals surface area contributed by atoms with Gasteiger partial charge in [0, 0.05) is 0 Å². The van der Waals surface area contributed by atoms with Crippen LogP contribution < -0.4 is 0 Å². The standard InChI is InChI=1S/3C4H9.ClH.Mg.Sn.2H/c3*1-3-4-2;;;;;/h3*1,3-4H2,2H3;1H;;;;/q;;;;;+1;;/p-1. The number of unbranched alkanes of at least 4 members (excludes halogenated alkanes) is 3. The fourth-order valence-corrected chi connectivity index (χ4v) is 15.1. The van der Waals surface area contributed by atoms with Gasteiger partial charge in [-0.15, -0.1) is 0 Å². The second-order valence-electron chi connectivity index (χ2n) is 4.46. The van der Waals surface area contributed by atoms with E-state index < -0.39 is 17.3 Å². The predicted octanol–water partition coefficient (Wildman–Crippen LogP) is 4.65. The maximum Gasteiger partial charge on any atom is 0.316 e. The first-order chi connectivity index (χ1) is 6.68. The van der Waals surface area contributed by atoms with Crippen molar-refractivity contribution in [3.8, 4) is 0 Å². The molecule has 0 nitrogen and oxygen atoms in total. The molecule has 0 aliphatic rings. The SMILES string of the molecule is CCC[CH2][Sn]([Cl])([CH2]CCC)[CH2]CCC.[MgH2]. The van der Waals surface area contributed by atoms with Crippen LogP contribution >= 0.6 is 8.92 Å². The van der Waals surface area contributed by atoms with E-state index in [4.69, 9.17) is 8.92 Å². The third-order valence-electron chi connectivity index (χ3n) is 2.94. The summed E-state index contributed by atoms with van der Waals surface area (Å²) in [5.74, 6) is 0. The van der Waals surface area contributed by atoms with Crippen LogP contribution in [0.1, 0.15) is 59.3 Å². The Labute approximate surface area is 121 Å². The molecule has 0 N–H and O–H groups in total. The van der Waals surface area contributed by atoms with Crippen molar-refractivity contribution in [3.63, 3.8) is 0 Å². The zero-order valence-electron chi connectivity index (χ0n) is 10.2. The zero-order chi connectivity index (χ0) is 10.9. The molecule has 0 heterocycles. The molecule has 0 fully saturated rings. The topological polar surface area (TPSA) is 0 Å². The third-order valence-corrected chi connectivity index (χ3v) is 17.4. The van der Waals surface area contributed by atoms with Gasteiger partial charge in [0.15, 0.2) is 0 Å². The molecule has 0 rings (SSSR count). The zero-order valence-corrected chi connectivity index (χ0v) is 13.9. The van der Waals surface area contributed by atoms with Crippen LogP contribution in [0.2, 0.25) is 13.3 Å². The number of hydrogen-bond donors (Lipinski definition) is 0. The van der Waals surface area contributed by atoms with Gasteiger partial charge in [-0.2, -0.15) is 0 Å². The summed E-state index contributed by atoms with van der Waals surface area (Å²) in [5.41, 5.74) is 0. The van der Waals surface area contributed by atoms with Gasteiger partial charge in [0.05, 0.1) is 0 Å². The summed E-state index contributed by atoms with van der Waals surface area (Å²) >= 11 is -2.09. The maximum absolute atomic E-state index is 6.89. The number of rotatable bonds is 9. The van der Waals surface area contributed by atoms with Crippen molar-refractivity contribution in [2.24, 2.45) is 0 Å². The van der Waals surface area contributed by atoms with Crippen molar-refractivity contribution in [2.45, 2.75) is 72.6 Å². The third kappa shape index (κ3) is 10.7.